The highest BCUT2D eigenvalue weighted by atomic mass is 16.4. The van der Waals surface area contributed by atoms with Crippen molar-refractivity contribution in [2.45, 2.75) is 13.5 Å². The number of anilines is 2. The Morgan fingerprint density at radius 3 is 2.78 bits per heavy atom. The van der Waals surface area contributed by atoms with Crippen LogP contribution in [0.25, 0.3) is 10.9 Å². The lowest BCUT2D eigenvalue weighted by molar-refractivity contribution is -0.137. The number of aromatic nitrogens is 3. The summed E-state index contributed by atoms with van der Waals surface area (Å²) in [4.78, 5) is 22.8. The second-order valence-electron chi connectivity index (χ2n) is 5.09. The van der Waals surface area contributed by atoms with E-state index in [-0.39, 0.29) is 12.3 Å². The third kappa shape index (κ3) is 3.03. The molecule has 0 amide bonds. The smallest absolute Gasteiger partial charge is 0.323 e. The van der Waals surface area contributed by atoms with Crippen LogP contribution in [0.1, 0.15) is 17.3 Å². The Morgan fingerprint density at radius 2 is 2.13 bits per heavy atom. The van der Waals surface area contributed by atoms with Gasteiger partial charge in [-0.1, -0.05) is 0 Å². The molecule has 0 unspecified atom stereocenters. The number of benzene rings is 1. The van der Waals surface area contributed by atoms with E-state index in [0.717, 1.165) is 5.69 Å². The Balaban J connectivity index is 2.05. The molecule has 2 N–H and O–H groups in total. The van der Waals surface area contributed by atoms with Crippen molar-refractivity contribution in [1.29, 1.82) is 0 Å². The second kappa shape index (κ2) is 5.88. The Kier molecular flexibility index (Phi) is 3.76. The summed E-state index contributed by atoms with van der Waals surface area (Å²) >= 11 is 0. The van der Waals surface area contributed by atoms with Gasteiger partial charge in [-0.3, -0.25) is 9.59 Å². The Labute approximate surface area is 131 Å². The normalized spacial score (nSPS) is 10.7. The molecule has 7 nitrogen and oxygen atoms in total. The third-order valence-corrected chi connectivity index (χ3v) is 3.41. The highest BCUT2D eigenvalue weighted by molar-refractivity contribution is 6.08. The van der Waals surface area contributed by atoms with Crippen molar-refractivity contribution in [3.63, 3.8) is 0 Å². The van der Waals surface area contributed by atoms with E-state index >= 15 is 0 Å². The topological polar surface area (TPSA) is 97.1 Å². The van der Waals surface area contributed by atoms with E-state index in [1.165, 1.54) is 6.92 Å². The number of aliphatic carboxylic acids is 1. The molecule has 0 saturated heterocycles. The number of carbonyl (C=O) groups is 2. The maximum Gasteiger partial charge on any atom is 0.323 e. The number of nitrogens with zero attached hydrogens (tertiary/aromatic N) is 3. The minimum absolute atomic E-state index is 0.115. The first kappa shape index (κ1) is 14.7. The highest BCUT2D eigenvalue weighted by Gasteiger charge is 2.14. The van der Waals surface area contributed by atoms with Crippen LogP contribution in [0.2, 0.25) is 0 Å². The molecule has 7 heteroatoms. The van der Waals surface area contributed by atoms with E-state index in [9.17, 15) is 9.59 Å². The molecular formula is C16H14N4O3. The number of ketones is 1. The fourth-order valence-electron chi connectivity index (χ4n) is 2.45. The van der Waals surface area contributed by atoms with Gasteiger partial charge in [-0.25, -0.2) is 0 Å². The first-order valence-corrected chi connectivity index (χ1v) is 6.95. The molecule has 0 radical (unpaired) electrons. The van der Waals surface area contributed by atoms with Crippen molar-refractivity contribution in [1.82, 2.24) is 14.8 Å². The maximum absolute atomic E-state index is 11.8. The zero-order valence-corrected chi connectivity index (χ0v) is 12.4. The molecule has 0 aliphatic carbocycles. The zero-order valence-electron chi connectivity index (χ0n) is 12.4. The first-order valence-electron chi connectivity index (χ1n) is 6.95. The standard InChI is InChI=1S/C16H14N4O3/c1-10(21)13-8-20(9-16(22)23)14-5-4-11(7-12(13)14)18-15-3-2-6-17-19-15/h2-8H,9H2,1H3,(H,18,19)(H,22,23). The number of carboxylic acid groups (broad SMARTS) is 1. The summed E-state index contributed by atoms with van der Waals surface area (Å²) in [5.41, 5.74) is 1.93. The molecule has 0 bridgehead atoms. The van der Waals surface area contributed by atoms with Crippen molar-refractivity contribution in [2.24, 2.45) is 0 Å². The number of carbonyl (C=O) groups excluding carboxylic acids is 1. The molecule has 116 valence electrons. The highest BCUT2D eigenvalue weighted by Crippen LogP contribution is 2.26. The van der Waals surface area contributed by atoms with Crippen LogP contribution in [-0.4, -0.2) is 31.6 Å². The van der Waals surface area contributed by atoms with Crippen molar-refractivity contribution in [2.75, 3.05) is 5.32 Å². The van der Waals surface area contributed by atoms with Crippen molar-refractivity contribution in [3.05, 3.63) is 48.3 Å². The van der Waals surface area contributed by atoms with Gasteiger partial charge in [0.2, 0.25) is 0 Å². The number of hydrogen-bond acceptors (Lipinski definition) is 5. The summed E-state index contributed by atoms with van der Waals surface area (Å²) in [7, 11) is 0. The monoisotopic (exact) mass is 310 g/mol. The van der Waals surface area contributed by atoms with E-state index in [1.54, 1.807) is 47.3 Å². The quantitative estimate of drug-likeness (QED) is 0.703. The second-order valence-corrected chi connectivity index (χ2v) is 5.09. The molecule has 2 aromatic heterocycles. The molecular weight excluding hydrogens is 296 g/mol. The van der Waals surface area contributed by atoms with Crippen LogP contribution in [-0.2, 0) is 11.3 Å². The molecule has 0 aliphatic rings. The van der Waals surface area contributed by atoms with Crippen LogP contribution < -0.4 is 5.32 Å². The molecule has 0 spiro atoms. The summed E-state index contributed by atoms with van der Waals surface area (Å²) in [6, 6.07) is 8.93. The number of Topliss-reactive ketones (excluding diaryl/α,β-unsaturated/α-hetero) is 1. The van der Waals surface area contributed by atoms with E-state index in [1.807, 2.05) is 0 Å². The number of nitrogens with one attached hydrogen (secondary N) is 1. The lowest BCUT2D eigenvalue weighted by atomic mass is 10.1. The lowest BCUT2D eigenvalue weighted by Crippen LogP contribution is -2.07. The predicted octanol–water partition coefficient (Wildman–Crippen LogP) is 2.46. The molecule has 3 rings (SSSR count). The fourth-order valence-corrected chi connectivity index (χ4v) is 2.45. The van der Waals surface area contributed by atoms with E-state index in [2.05, 4.69) is 15.5 Å². The van der Waals surface area contributed by atoms with Crippen molar-refractivity contribution < 1.29 is 14.7 Å². The molecule has 0 saturated carbocycles. The molecule has 23 heavy (non-hydrogen) atoms. The third-order valence-electron chi connectivity index (χ3n) is 3.41. The molecule has 2 heterocycles. The van der Waals surface area contributed by atoms with Crippen molar-refractivity contribution >= 4 is 34.2 Å². The number of rotatable bonds is 5. The summed E-state index contributed by atoms with van der Waals surface area (Å²) < 4.78 is 1.56. The summed E-state index contributed by atoms with van der Waals surface area (Å²) in [6.45, 7) is 1.27. The van der Waals surface area contributed by atoms with Gasteiger partial charge >= 0.3 is 5.97 Å². The van der Waals surface area contributed by atoms with Gasteiger partial charge in [0.05, 0.1) is 0 Å². The van der Waals surface area contributed by atoms with E-state index in [4.69, 9.17) is 5.11 Å². The Morgan fingerprint density at radius 1 is 1.30 bits per heavy atom. The van der Waals surface area contributed by atoms with Crippen LogP contribution >= 0.6 is 0 Å². The van der Waals surface area contributed by atoms with Crippen LogP contribution in [0, 0.1) is 0 Å². The van der Waals surface area contributed by atoms with E-state index < -0.39 is 5.97 Å². The first-order chi connectivity index (χ1) is 11.0. The lowest BCUT2D eigenvalue weighted by Gasteiger charge is -2.06. The van der Waals surface area contributed by atoms with Crippen LogP contribution in [0.15, 0.2) is 42.7 Å². The van der Waals surface area contributed by atoms with Gasteiger partial charge in [0.15, 0.2) is 11.6 Å². The Bertz CT molecular complexity index is 887. The van der Waals surface area contributed by atoms with Gasteiger partial charge in [-0.2, -0.15) is 5.10 Å². The van der Waals surface area contributed by atoms with E-state index in [0.29, 0.717) is 22.3 Å². The minimum Gasteiger partial charge on any atom is -0.480 e. The molecule has 0 fully saturated rings. The number of carboxylic acids is 1. The Hall–Kier alpha value is -3.22. The molecule has 1 aromatic carbocycles. The van der Waals surface area contributed by atoms with Gasteiger partial charge in [-0.05, 0) is 37.3 Å². The summed E-state index contributed by atoms with van der Waals surface area (Å²) in [6.07, 6.45) is 3.15. The zero-order chi connectivity index (χ0) is 16.4. The molecule has 0 aliphatic heterocycles. The summed E-state index contributed by atoms with van der Waals surface area (Å²) in [5, 5.41) is 20.5. The number of hydrogen-bond donors (Lipinski definition) is 2. The van der Waals surface area contributed by atoms with Gasteiger partial charge in [-0.15, -0.1) is 5.10 Å². The average Bonchev–Trinajstić information content (AvgIpc) is 2.86. The molecule has 0 atom stereocenters. The van der Waals surface area contributed by atoms with Crippen molar-refractivity contribution in [3.8, 4) is 0 Å². The SMILES string of the molecule is CC(=O)c1cn(CC(=O)O)c2ccc(Nc3cccnn3)cc12. The van der Waals surface area contributed by atoms with Gasteiger partial charge in [0, 0.05) is 34.5 Å². The number of fused-ring (bicyclic) bond motifs is 1. The fraction of sp³-hybridized carbons (Fsp3) is 0.125. The average molecular weight is 310 g/mol. The predicted molar refractivity (Wildman–Crippen MR) is 84.9 cm³/mol. The maximum atomic E-state index is 11.8. The van der Waals surface area contributed by atoms with Gasteiger partial charge in [0.1, 0.15) is 6.54 Å². The van der Waals surface area contributed by atoms with Crippen LogP contribution in [0.3, 0.4) is 0 Å². The van der Waals surface area contributed by atoms with Gasteiger partial charge < -0.3 is 15.0 Å². The van der Waals surface area contributed by atoms with Crippen LogP contribution in [0.5, 0.6) is 0 Å². The summed E-state index contributed by atoms with van der Waals surface area (Å²) in [5.74, 6) is -0.490. The minimum atomic E-state index is -0.959. The molecule has 3 aromatic rings. The van der Waals surface area contributed by atoms with Gasteiger partial charge in [0.25, 0.3) is 0 Å². The largest absolute Gasteiger partial charge is 0.480 e. The van der Waals surface area contributed by atoms with Crippen LogP contribution in [0.4, 0.5) is 11.5 Å².